The Labute approximate surface area is 175 Å². The molecule has 0 amide bonds. The number of terminal acetylenes is 1. The van der Waals surface area contributed by atoms with Crippen molar-refractivity contribution >= 4 is 5.78 Å². The summed E-state index contributed by atoms with van der Waals surface area (Å²) in [5.74, 6) is 2.20. The van der Waals surface area contributed by atoms with E-state index in [1.165, 1.54) is 6.07 Å². The van der Waals surface area contributed by atoms with Crippen molar-refractivity contribution in [3.63, 3.8) is 0 Å². The van der Waals surface area contributed by atoms with E-state index < -0.39 is 11.7 Å². The maximum atomic E-state index is 13.7. The highest BCUT2D eigenvalue weighted by atomic mass is 19.4. The number of ketones is 1. The molecule has 0 unspecified atom stereocenters. The van der Waals surface area contributed by atoms with Gasteiger partial charge >= 0.3 is 6.18 Å². The van der Waals surface area contributed by atoms with Gasteiger partial charge in [-0.3, -0.25) is 9.69 Å². The molecule has 0 radical (unpaired) electrons. The van der Waals surface area contributed by atoms with E-state index >= 15 is 0 Å². The normalized spacial score (nSPS) is 15.7. The Morgan fingerprint density at radius 3 is 2.40 bits per heavy atom. The number of piperazine rings is 1. The number of rotatable bonds is 6. The number of alkyl halides is 3. The number of Topliss-reactive ketones (excluding diaryl/α,β-unsaturated/α-hetero) is 1. The van der Waals surface area contributed by atoms with Crippen LogP contribution >= 0.6 is 0 Å². The second-order valence-electron chi connectivity index (χ2n) is 7.52. The summed E-state index contributed by atoms with van der Waals surface area (Å²) in [4.78, 5) is 16.9. The lowest BCUT2D eigenvalue weighted by Gasteiger charge is -2.34. The molecule has 0 N–H and O–H groups in total. The highest BCUT2D eigenvalue weighted by Gasteiger charge is 2.34. The van der Waals surface area contributed by atoms with Crippen LogP contribution in [0.1, 0.15) is 39.5 Å². The summed E-state index contributed by atoms with van der Waals surface area (Å²) < 4.78 is 41.2. The first-order valence-corrected chi connectivity index (χ1v) is 10.0. The van der Waals surface area contributed by atoms with Crippen LogP contribution < -0.4 is 0 Å². The van der Waals surface area contributed by atoms with Gasteiger partial charge in [0.1, 0.15) is 0 Å². The fourth-order valence-corrected chi connectivity index (χ4v) is 3.71. The van der Waals surface area contributed by atoms with E-state index in [9.17, 15) is 18.0 Å². The van der Waals surface area contributed by atoms with Gasteiger partial charge in [0.25, 0.3) is 0 Å². The van der Waals surface area contributed by atoms with Crippen LogP contribution in [0.25, 0.3) is 0 Å². The Balaban J connectivity index is 1.77. The third-order valence-electron chi connectivity index (χ3n) is 5.50. The lowest BCUT2D eigenvalue weighted by atomic mass is 9.97. The molecule has 1 aliphatic heterocycles. The van der Waals surface area contributed by atoms with E-state index in [1.54, 1.807) is 30.3 Å². The van der Waals surface area contributed by atoms with E-state index in [-0.39, 0.29) is 24.3 Å². The fourth-order valence-electron chi connectivity index (χ4n) is 3.71. The van der Waals surface area contributed by atoms with Crippen molar-refractivity contribution < 1.29 is 18.0 Å². The molecule has 3 rings (SSSR count). The van der Waals surface area contributed by atoms with Gasteiger partial charge in [-0.1, -0.05) is 37.1 Å². The van der Waals surface area contributed by atoms with Gasteiger partial charge in [-0.25, -0.2) is 0 Å². The van der Waals surface area contributed by atoms with Crippen molar-refractivity contribution in [3.8, 4) is 12.3 Å². The molecule has 1 saturated heterocycles. The monoisotopic (exact) mass is 414 g/mol. The molecule has 0 atom stereocenters. The molecule has 0 aliphatic carbocycles. The van der Waals surface area contributed by atoms with Crippen LogP contribution in [-0.2, 0) is 19.1 Å². The molecular weight excluding hydrogens is 389 g/mol. The standard InChI is InChI=1S/C24H25F3N2O/c1-3-18-6-5-7-20(14-18)23(30)16-19-8-9-21(22(15-19)24(25,26)27)17-29-12-10-28(4-2)11-13-29/h1,5-9,14-15H,4,10-13,16-17H2,2H3. The van der Waals surface area contributed by atoms with Gasteiger partial charge < -0.3 is 4.90 Å². The molecule has 158 valence electrons. The fraction of sp³-hybridized carbons (Fsp3) is 0.375. The zero-order valence-corrected chi connectivity index (χ0v) is 17.0. The summed E-state index contributed by atoms with van der Waals surface area (Å²) >= 11 is 0. The number of halogens is 3. The number of likely N-dealkylation sites (N-methyl/N-ethyl adjacent to an activating group) is 1. The van der Waals surface area contributed by atoms with Crippen LogP contribution in [0.3, 0.4) is 0 Å². The number of nitrogens with zero attached hydrogens (tertiary/aromatic N) is 2. The highest BCUT2D eigenvalue weighted by molar-refractivity contribution is 5.97. The second-order valence-corrected chi connectivity index (χ2v) is 7.52. The van der Waals surface area contributed by atoms with E-state index in [2.05, 4.69) is 17.7 Å². The van der Waals surface area contributed by atoms with Gasteiger partial charge in [0.2, 0.25) is 0 Å². The van der Waals surface area contributed by atoms with Crippen LogP contribution in [0.5, 0.6) is 0 Å². The van der Waals surface area contributed by atoms with Crippen LogP contribution in [0.15, 0.2) is 42.5 Å². The number of hydrogen-bond acceptors (Lipinski definition) is 3. The third-order valence-corrected chi connectivity index (χ3v) is 5.50. The predicted molar refractivity (Wildman–Crippen MR) is 111 cm³/mol. The van der Waals surface area contributed by atoms with Crippen LogP contribution in [0.2, 0.25) is 0 Å². The quantitative estimate of drug-likeness (QED) is 0.522. The minimum Gasteiger partial charge on any atom is -0.301 e. The lowest BCUT2D eigenvalue weighted by molar-refractivity contribution is -0.138. The largest absolute Gasteiger partial charge is 0.416 e. The zero-order valence-electron chi connectivity index (χ0n) is 17.0. The van der Waals surface area contributed by atoms with Crippen LogP contribution in [0.4, 0.5) is 13.2 Å². The topological polar surface area (TPSA) is 23.6 Å². The van der Waals surface area contributed by atoms with E-state index in [4.69, 9.17) is 6.42 Å². The molecule has 1 fully saturated rings. The number of carbonyl (C=O) groups excluding carboxylic acids is 1. The average Bonchev–Trinajstić information content (AvgIpc) is 2.74. The Kier molecular flexibility index (Phi) is 6.96. The van der Waals surface area contributed by atoms with Crippen LogP contribution in [0, 0.1) is 12.3 Å². The van der Waals surface area contributed by atoms with Crippen molar-refractivity contribution in [1.82, 2.24) is 9.80 Å². The van der Waals surface area contributed by atoms with E-state index in [0.717, 1.165) is 38.8 Å². The van der Waals surface area contributed by atoms with Gasteiger partial charge in [0.15, 0.2) is 5.78 Å². The molecule has 1 aliphatic rings. The van der Waals surface area contributed by atoms with Crippen molar-refractivity contribution in [2.24, 2.45) is 0 Å². The lowest BCUT2D eigenvalue weighted by Crippen LogP contribution is -2.45. The molecular formula is C24H25F3N2O. The van der Waals surface area contributed by atoms with Crippen molar-refractivity contribution in [2.45, 2.75) is 26.1 Å². The molecule has 6 heteroatoms. The van der Waals surface area contributed by atoms with Gasteiger partial charge in [0, 0.05) is 50.3 Å². The van der Waals surface area contributed by atoms with Gasteiger partial charge in [-0.05, 0) is 35.9 Å². The predicted octanol–water partition coefficient (Wildman–Crippen LogP) is 4.25. The van der Waals surface area contributed by atoms with Gasteiger partial charge in [-0.2, -0.15) is 13.2 Å². The van der Waals surface area contributed by atoms with Crippen molar-refractivity contribution in [3.05, 3.63) is 70.3 Å². The van der Waals surface area contributed by atoms with Gasteiger partial charge in [-0.15, -0.1) is 6.42 Å². The minimum atomic E-state index is -4.47. The maximum absolute atomic E-state index is 13.7. The molecule has 0 saturated carbocycles. The molecule has 1 heterocycles. The summed E-state index contributed by atoms with van der Waals surface area (Å²) in [5.41, 5.74) is 0.895. The van der Waals surface area contributed by atoms with Crippen molar-refractivity contribution in [2.75, 3.05) is 32.7 Å². The molecule has 0 bridgehead atoms. The summed E-state index contributed by atoms with van der Waals surface area (Å²) in [6.07, 6.45) is 0.781. The highest BCUT2D eigenvalue weighted by Crippen LogP contribution is 2.33. The first-order valence-electron chi connectivity index (χ1n) is 10.0. The van der Waals surface area contributed by atoms with Crippen molar-refractivity contribution in [1.29, 1.82) is 0 Å². The third kappa shape index (κ3) is 5.50. The summed E-state index contributed by atoms with van der Waals surface area (Å²) in [5, 5.41) is 0. The molecule has 3 nitrogen and oxygen atoms in total. The number of benzene rings is 2. The number of hydrogen-bond donors (Lipinski definition) is 0. The van der Waals surface area contributed by atoms with E-state index in [1.807, 2.05) is 4.90 Å². The minimum absolute atomic E-state index is 0.105. The Morgan fingerprint density at radius 2 is 1.77 bits per heavy atom. The zero-order chi connectivity index (χ0) is 21.7. The SMILES string of the molecule is C#Cc1cccc(C(=O)Cc2ccc(CN3CCN(CC)CC3)c(C(F)(F)F)c2)c1. The first-order chi connectivity index (χ1) is 14.3. The molecule has 2 aromatic rings. The molecule has 30 heavy (non-hydrogen) atoms. The van der Waals surface area contributed by atoms with Crippen LogP contribution in [-0.4, -0.2) is 48.3 Å². The Bertz CT molecular complexity index is 938. The average molecular weight is 414 g/mol. The smallest absolute Gasteiger partial charge is 0.301 e. The maximum Gasteiger partial charge on any atom is 0.416 e. The summed E-state index contributed by atoms with van der Waals surface area (Å²) in [6, 6.07) is 10.8. The Morgan fingerprint density at radius 1 is 1.07 bits per heavy atom. The second kappa shape index (κ2) is 9.46. The molecule has 0 spiro atoms. The van der Waals surface area contributed by atoms with E-state index in [0.29, 0.717) is 16.7 Å². The molecule has 2 aromatic carbocycles. The molecule has 0 aromatic heterocycles. The number of carbonyl (C=O) groups is 1. The summed E-state index contributed by atoms with van der Waals surface area (Å²) in [6.45, 7) is 6.51. The summed E-state index contributed by atoms with van der Waals surface area (Å²) in [7, 11) is 0. The first kappa shape index (κ1) is 22.1. The van der Waals surface area contributed by atoms with Gasteiger partial charge in [0.05, 0.1) is 5.56 Å². The Hall–Kier alpha value is -2.62.